The van der Waals surface area contributed by atoms with Gasteiger partial charge in [-0.3, -0.25) is 10.1 Å². The topological polar surface area (TPSA) is 54.9 Å². The lowest BCUT2D eigenvalue weighted by Gasteiger charge is -2.24. The molecule has 0 fully saturated rings. The number of hydrogen-bond acceptors (Lipinski definition) is 4. The molecule has 1 amide bonds. The number of amides is 1. The standard InChI is InChI=1S/C19H14ClN3OS/c1-11-15-10-21-19(23-18(24)12-5-3-2-4-6-12)22-17(15)14-9-13(20)7-8-16(14)25-11/h2-11H,1H3,(H,21,22,23,24). The van der Waals surface area contributed by atoms with E-state index in [2.05, 4.69) is 22.2 Å². The largest absolute Gasteiger partial charge is 0.290 e. The summed E-state index contributed by atoms with van der Waals surface area (Å²) >= 11 is 7.92. The van der Waals surface area contributed by atoms with Crippen LogP contribution in [0.3, 0.4) is 0 Å². The van der Waals surface area contributed by atoms with Crippen molar-refractivity contribution in [1.82, 2.24) is 9.97 Å². The molecule has 2 heterocycles. The Labute approximate surface area is 154 Å². The number of nitrogens with zero attached hydrogens (tertiary/aromatic N) is 2. The molecule has 1 unspecified atom stereocenters. The van der Waals surface area contributed by atoms with Gasteiger partial charge in [0.1, 0.15) is 0 Å². The van der Waals surface area contributed by atoms with Gasteiger partial charge in [-0.1, -0.05) is 29.8 Å². The average molecular weight is 368 g/mol. The Morgan fingerprint density at radius 1 is 1.20 bits per heavy atom. The van der Waals surface area contributed by atoms with Crippen molar-refractivity contribution in [2.24, 2.45) is 0 Å². The highest BCUT2D eigenvalue weighted by Crippen LogP contribution is 2.48. The molecular weight excluding hydrogens is 354 g/mol. The molecule has 0 saturated heterocycles. The second kappa shape index (κ2) is 6.50. The molecule has 124 valence electrons. The SMILES string of the molecule is CC1Sc2ccc(Cl)cc2-c2nc(NC(=O)c3ccccc3)ncc21. The van der Waals surface area contributed by atoms with Crippen LogP contribution in [0.5, 0.6) is 0 Å². The Morgan fingerprint density at radius 2 is 2.00 bits per heavy atom. The zero-order chi connectivity index (χ0) is 17.4. The van der Waals surface area contributed by atoms with Crippen LogP contribution in [0.15, 0.2) is 59.6 Å². The predicted molar refractivity (Wildman–Crippen MR) is 101 cm³/mol. The second-order valence-corrected chi connectivity index (χ2v) is 7.54. The zero-order valence-electron chi connectivity index (χ0n) is 13.4. The van der Waals surface area contributed by atoms with Crippen molar-refractivity contribution in [3.05, 3.63) is 70.9 Å². The van der Waals surface area contributed by atoms with E-state index in [4.69, 9.17) is 11.6 Å². The number of anilines is 1. The summed E-state index contributed by atoms with van der Waals surface area (Å²) < 4.78 is 0. The molecular formula is C19H14ClN3OS. The van der Waals surface area contributed by atoms with Crippen LogP contribution in [-0.2, 0) is 0 Å². The number of rotatable bonds is 2. The molecule has 3 aromatic rings. The van der Waals surface area contributed by atoms with E-state index in [-0.39, 0.29) is 17.1 Å². The molecule has 0 saturated carbocycles. The van der Waals surface area contributed by atoms with Gasteiger partial charge in [0.25, 0.3) is 5.91 Å². The Balaban J connectivity index is 1.72. The number of halogens is 1. The lowest BCUT2D eigenvalue weighted by molar-refractivity contribution is 0.102. The van der Waals surface area contributed by atoms with E-state index in [1.54, 1.807) is 30.1 Å². The lowest BCUT2D eigenvalue weighted by Crippen LogP contribution is -2.15. The first kappa shape index (κ1) is 16.1. The van der Waals surface area contributed by atoms with E-state index in [1.807, 2.05) is 36.4 Å². The van der Waals surface area contributed by atoms with Gasteiger partial charge in [-0.05, 0) is 37.3 Å². The number of nitrogens with one attached hydrogen (secondary N) is 1. The minimum absolute atomic E-state index is 0.231. The number of aromatic nitrogens is 2. The fourth-order valence-electron chi connectivity index (χ4n) is 2.77. The van der Waals surface area contributed by atoms with E-state index in [0.29, 0.717) is 10.6 Å². The number of benzene rings is 2. The van der Waals surface area contributed by atoms with E-state index in [9.17, 15) is 4.79 Å². The smallest absolute Gasteiger partial charge is 0.258 e. The van der Waals surface area contributed by atoms with Gasteiger partial charge in [0.2, 0.25) is 5.95 Å². The molecule has 2 aromatic carbocycles. The minimum Gasteiger partial charge on any atom is -0.290 e. The Kier molecular flexibility index (Phi) is 4.19. The van der Waals surface area contributed by atoms with Crippen molar-refractivity contribution in [2.75, 3.05) is 5.32 Å². The summed E-state index contributed by atoms with van der Waals surface area (Å²) in [4.78, 5) is 22.4. The molecule has 6 heteroatoms. The summed E-state index contributed by atoms with van der Waals surface area (Å²) in [7, 11) is 0. The minimum atomic E-state index is -0.231. The van der Waals surface area contributed by atoms with Crippen molar-refractivity contribution < 1.29 is 4.79 Å². The normalized spacial score (nSPS) is 15.2. The van der Waals surface area contributed by atoms with Gasteiger partial charge in [-0.25, -0.2) is 9.97 Å². The Hall–Kier alpha value is -2.37. The number of thioether (sulfide) groups is 1. The third kappa shape index (κ3) is 3.13. The van der Waals surface area contributed by atoms with Crippen LogP contribution in [0.4, 0.5) is 5.95 Å². The number of carbonyl (C=O) groups is 1. The third-order valence-electron chi connectivity index (χ3n) is 4.02. The van der Waals surface area contributed by atoms with Gasteiger partial charge in [-0.15, -0.1) is 11.8 Å². The first-order valence-electron chi connectivity index (χ1n) is 7.82. The van der Waals surface area contributed by atoms with Gasteiger partial charge in [0.05, 0.1) is 5.69 Å². The van der Waals surface area contributed by atoms with E-state index in [0.717, 1.165) is 21.7 Å². The van der Waals surface area contributed by atoms with E-state index >= 15 is 0 Å². The molecule has 1 atom stereocenters. The van der Waals surface area contributed by atoms with Crippen LogP contribution in [0.1, 0.15) is 28.1 Å². The number of fused-ring (bicyclic) bond motifs is 3. The molecule has 1 aliphatic heterocycles. The van der Waals surface area contributed by atoms with Crippen LogP contribution in [0.2, 0.25) is 5.02 Å². The summed E-state index contributed by atoms with van der Waals surface area (Å²) in [6.07, 6.45) is 1.78. The van der Waals surface area contributed by atoms with Crippen molar-refractivity contribution in [3.8, 4) is 11.3 Å². The Morgan fingerprint density at radius 3 is 2.80 bits per heavy atom. The maximum Gasteiger partial charge on any atom is 0.258 e. The molecule has 25 heavy (non-hydrogen) atoms. The molecule has 0 radical (unpaired) electrons. The molecule has 4 nitrogen and oxygen atoms in total. The molecule has 0 bridgehead atoms. The maximum absolute atomic E-state index is 12.3. The summed E-state index contributed by atoms with van der Waals surface area (Å²) in [5, 5.41) is 3.67. The van der Waals surface area contributed by atoms with Crippen molar-refractivity contribution in [2.45, 2.75) is 17.1 Å². The summed E-state index contributed by atoms with van der Waals surface area (Å²) in [5.41, 5.74) is 3.40. The van der Waals surface area contributed by atoms with Crippen LogP contribution in [-0.4, -0.2) is 15.9 Å². The van der Waals surface area contributed by atoms with Crippen LogP contribution in [0, 0.1) is 0 Å². The van der Waals surface area contributed by atoms with Crippen LogP contribution >= 0.6 is 23.4 Å². The summed E-state index contributed by atoms with van der Waals surface area (Å²) in [6, 6.07) is 14.8. The van der Waals surface area contributed by atoms with Gasteiger partial charge >= 0.3 is 0 Å². The fourth-order valence-corrected chi connectivity index (χ4v) is 4.05. The van der Waals surface area contributed by atoms with Crippen LogP contribution < -0.4 is 5.32 Å². The van der Waals surface area contributed by atoms with Crippen LogP contribution in [0.25, 0.3) is 11.3 Å². The third-order valence-corrected chi connectivity index (χ3v) is 5.47. The predicted octanol–water partition coefficient (Wildman–Crippen LogP) is 5.22. The van der Waals surface area contributed by atoms with Gasteiger partial charge in [0, 0.05) is 38.1 Å². The molecule has 0 aliphatic carbocycles. The summed E-state index contributed by atoms with van der Waals surface area (Å²) in [6.45, 7) is 2.12. The van der Waals surface area contributed by atoms with E-state index in [1.165, 1.54) is 0 Å². The van der Waals surface area contributed by atoms with Crippen molar-refractivity contribution in [3.63, 3.8) is 0 Å². The first-order chi connectivity index (χ1) is 12.1. The summed E-state index contributed by atoms with van der Waals surface area (Å²) in [5.74, 6) is 0.0581. The Bertz CT molecular complexity index is 962. The highest BCUT2D eigenvalue weighted by atomic mass is 35.5. The quantitative estimate of drug-likeness (QED) is 0.675. The van der Waals surface area contributed by atoms with Crippen molar-refractivity contribution in [1.29, 1.82) is 0 Å². The van der Waals surface area contributed by atoms with Gasteiger partial charge in [-0.2, -0.15) is 0 Å². The average Bonchev–Trinajstić information content (AvgIpc) is 2.63. The second-order valence-electron chi connectivity index (χ2n) is 5.72. The maximum atomic E-state index is 12.3. The molecule has 4 rings (SSSR count). The molecule has 1 aliphatic rings. The number of hydrogen-bond donors (Lipinski definition) is 1. The molecule has 1 N–H and O–H groups in total. The van der Waals surface area contributed by atoms with E-state index < -0.39 is 0 Å². The van der Waals surface area contributed by atoms with Gasteiger partial charge in [0.15, 0.2) is 0 Å². The lowest BCUT2D eigenvalue weighted by atomic mass is 10.0. The molecule has 1 aromatic heterocycles. The monoisotopic (exact) mass is 367 g/mol. The van der Waals surface area contributed by atoms with Crippen molar-refractivity contribution >= 4 is 35.2 Å². The molecule has 0 spiro atoms. The highest BCUT2D eigenvalue weighted by molar-refractivity contribution is 7.99. The highest BCUT2D eigenvalue weighted by Gasteiger charge is 2.25. The first-order valence-corrected chi connectivity index (χ1v) is 9.07. The number of carbonyl (C=O) groups excluding carboxylic acids is 1. The fraction of sp³-hybridized carbons (Fsp3) is 0.105. The van der Waals surface area contributed by atoms with Gasteiger partial charge < -0.3 is 0 Å². The zero-order valence-corrected chi connectivity index (χ0v) is 14.9.